The lowest BCUT2D eigenvalue weighted by atomic mass is 9.89. The van der Waals surface area contributed by atoms with E-state index in [1.807, 2.05) is 71.4 Å². The number of nitrogens with two attached hydrogens (primary N) is 1. The number of rotatable bonds is 19. The van der Waals surface area contributed by atoms with Crippen molar-refractivity contribution in [1.29, 1.82) is 0 Å². The van der Waals surface area contributed by atoms with Crippen molar-refractivity contribution in [2.45, 2.75) is 113 Å². The van der Waals surface area contributed by atoms with Gasteiger partial charge in [0.2, 0.25) is 17.7 Å². The molecule has 2 aromatic heterocycles. The summed E-state index contributed by atoms with van der Waals surface area (Å²) in [6.07, 6.45) is 8.54. The third-order valence-electron chi connectivity index (χ3n) is 23.9. The summed E-state index contributed by atoms with van der Waals surface area (Å²) >= 11 is 0. The second kappa shape index (κ2) is 31.0. The molecule has 7 N–H and O–H groups in total. The highest BCUT2D eigenvalue weighted by atomic mass is 16.2. The van der Waals surface area contributed by atoms with E-state index in [2.05, 4.69) is 75.1 Å². The van der Waals surface area contributed by atoms with Crippen LogP contribution in [-0.2, 0) is 32.3 Å². The molecule has 112 heavy (non-hydrogen) atoms. The van der Waals surface area contributed by atoms with Gasteiger partial charge in [-0.1, -0.05) is 36.1 Å². The van der Waals surface area contributed by atoms with Crippen LogP contribution in [0.2, 0.25) is 0 Å². The zero-order chi connectivity index (χ0) is 77.6. The number of urea groups is 2. The van der Waals surface area contributed by atoms with Gasteiger partial charge >= 0.3 is 12.1 Å². The Hall–Kier alpha value is -12.1. The van der Waals surface area contributed by atoms with E-state index in [9.17, 15) is 52.7 Å². The molecule has 0 radical (unpaired) electrons. The van der Waals surface area contributed by atoms with Crippen LogP contribution in [0.1, 0.15) is 144 Å². The Balaban J connectivity index is 0.540. The third kappa shape index (κ3) is 14.7. The minimum absolute atomic E-state index is 0.0000760. The number of carbonyl (C=O) groups is 11. The van der Waals surface area contributed by atoms with Crippen molar-refractivity contribution < 1.29 is 52.7 Å². The number of benzene rings is 4. The number of hydrogen-bond donors (Lipinski definition) is 6. The molecule has 16 rings (SSSR count). The summed E-state index contributed by atoms with van der Waals surface area (Å²) in [4.78, 5) is 184. The molecule has 32 heteroatoms. The summed E-state index contributed by atoms with van der Waals surface area (Å²) in [6.45, 7) is 9.72. The highest BCUT2D eigenvalue weighted by Crippen LogP contribution is 2.38. The first kappa shape index (κ1) is 74.0. The van der Waals surface area contributed by atoms with Gasteiger partial charge in [0.1, 0.15) is 35.7 Å². The largest absolute Gasteiger partial charge is 0.369 e. The number of aldehydes is 1. The minimum Gasteiger partial charge on any atom is -0.369 e. The molecule has 0 saturated carbocycles. The maximum Gasteiger partial charge on any atom is 0.321 e. The number of nitrogens with one attached hydrogen (secondary N) is 5. The summed E-state index contributed by atoms with van der Waals surface area (Å²) in [5.74, 6) is 4.51. The number of nitrogens with zero attached hydrogens (tertiary/aromatic N) is 15. The van der Waals surface area contributed by atoms with E-state index in [4.69, 9.17) is 20.7 Å². The second-order valence-corrected chi connectivity index (χ2v) is 30.7. The van der Waals surface area contributed by atoms with E-state index in [-0.39, 0.29) is 121 Å². The Labute approximate surface area is 646 Å². The number of piperidine rings is 5. The molecule has 10 aliphatic heterocycles. The van der Waals surface area contributed by atoms with Crippen LogP contribution in [0.3, 0.4) is 0 Å². The van der Waals surface area contributed by atoms with Crippen molar-refractivity contribution in [3.05, 3.63) is 148 Å². The number of aromatic nitrogens is 4. The number of likely N-dealkylation sites (tertiary alicyclic amines) is 1. The molecule has 0 bridgehead atoms. The number of primary amides is 1. The van der Waals surface area contributed by atoms with Crippen molar-refractivity contribution in [1.82, 2.24) is 75.1 Å². The standard InChI is InChI=1S/C80H89N21O11/c1-91-33-38-98(78(91)111)56-9-5-29-96(43-56)64-41-83-69(72(88-64)86-53-15-13-50(14-16-53)51-25-31-94(32-26-51)42-49-12-21-59-60(39-49)77(110)101(76(59)109)62-22-23-67(104)90-73(62)106)74(107)89-65-46-99(79(112)92(65)2)57-10-6-30-97(44-57)63-40-82-68(70(81)105)71(87-63)85-54-17-19-55(20-18-54)95-36-34-93(35-37-95)28-4-8-52-7-3-11-58-61(52)45-100(75(58)108)80(48-102)27-24-66(103)84-47-80/h3,7,11-21,39-41,48,51,56-57,62,65H,5-6,9-10,22-38,42-47H2,1-2H3,(H2,81,105)(H,84,103)(H,85,87)(H,86,88)(H,89,107)(H,90,104,106)/t56-,57+,62?,65?,80?/m1/s1. The van der Waals surface area contributed by atoms with E-state index in [0.29, 0.717) is 93.8 Å². The first-order chi connectivity index (χ1) is 54.2. The van der Waals surface area contributed by atoms with Crippen molar-refractivity contribution in [3.8, 4) is 11.8 Å². The summed E-state index contributed by atoms with van der Waals surface area (Å²) in [5, 5.41) is 14.8. The number of piperazine rings is 1. The lowest BCUT2D eigenvalue weighted by molar-refractivity contribution is -0.136. The molecule has 5 atom stereocenters. The van der Waals surface area contributed by atoms with Crippen LogP contribution < -0.4 is 47.0 Å². The minimum atomic E-state index is -1.09. The number of anilines is 7. The summed E-state index contributed by atoms with van der Waals surface area (Å²) in [5.41, 5.74) is 11.7. The Morgan fingerprint density at radius 3 is 1.96 bits per heavy atom. The smallest absolute Gasteiger partial charge is 0.321 e. The molecule has 10 aliphatic rings. The van der Waals surface area contributed by atoms with Gasteiger partial charge in [0.25, 0.3) is 29.5 Å². The molecule has 8 saturated heterocycles. The van der Waals surface area contributed by atoms with Gasteiger partial charge in [-0.05, 0) is 148 Å². The quantitative estimate of drug-likeness (QED) is 0.0378. The van der Waals surface area contributed by atoms with Crippen molar-refractivity contribution in [2.75, 3.05) is 138 Å². The van der Waals surface area contributed by atoms with Crippen molar-refractivity contribution >= 4 is 106 Å². The topological polar surface area (TPSA) is 361 Å². The van der Waals surface area contributed by atoms with Gasteiger partial charge in [-0.15, -0.1) is 0 Å². The predicted octanol–water partition coefficient (Wildman–Crippen LogP) is 4.04. The summed E-state index contributed by atoms with van der Waals surface area (Å²) in [7, 11) is 3.47. The van der Waals surface area contributed by atoms with E-state index >= 15 is 0 Å². The van der Waals surface area contributed by atoms with E-state index in [0.717, 1.165) is 104 Å². The first-order valence-corrected chi connectivity index (χ1v) is 38.6. The fraction of sp³-hybridized carbons (Fsp3) is 0.438. The SMILES string of the molecule is CN1CCN([C@@H]2CCCN(c3cnc(C(=O)NC4CN([C@H]5CCCN(c6cnc(C(N)=O)c(Nc7ccc(N8CCN(CC#Cc9cccc%10c9CN(C9(C=O)CCC(=O)NC9)C%10=O)CC8)cc7)n6)C5)C(=O)N4C)c(Nc4ccc(C5CCN(Cc6ccc7c(c6)C(=O)N(C6CCC(=O)NC6=O)C7=O)CC5)cc4)n3)C2)C1=O. The maximum absolute atomic E-state index is 14.8. The Bertz CT molecular complexity index is 4850. The lowest BCUT2D eigenvalue weighted by Gasteiger charge is -2.40. The second-order valence-electron chi connectivity index (χ2n) is 30.7. The van der Waals surface area contributed by atoms with Gasteiger partial charge in [0.05, 0.1) is 48.7 Å². The number of hydrogen-bond acceptors (Lipinski definition) is 22. The van der Waals surface area contributed by atoms with Crippen LogP contribution in [0.5, 0.6) is 0 Å². The highest BCUT2D eigenvalue weighted by molar-refractivity contribution is 6.23. The molecule has 8 fully saturated rings. The van der Waals surface area contributed by atoms with Gasteiger partial charge in [-0.25, -0.2) is 29.5 Å². The van der Waals surface area contributed by atoms with Crippen LogP contribution in [0, 0.1) is 11.8 Å². The number of fused-ring (bicyclic) bond motifs is 2. The Morgan fingerprint density at radius 1 is 0.643 bits per heavy atom. The van der Waals surface area contributed by atoms with Gasteiger partial charge < -0.3 is 71.0 Å². The lowest BCUT2D eigenvalue weighted by Crippen LogP contribution is -2.60. The van der Waals surface area contributed by atoms with Gasteiger partial charge in [-0.2, -0.15) is 0 Å². The van der Waals surface area contributed by atoms with Crippen molar-refractivity contribution in [3.63, 3.8) is 0 Å². The summed E-state index contributed by atoms with van der Waals surface area (Å²) < 4.78 is 0. The molecule has 12 amide bonds. The highest BCUT2D eigenvalue weighted by Gasteiger charge is 2.49. The predicted molar refractivity (Wildman–Crippen MR) is 412 cm³/mol. The molecule has 0 spiro atoms. The molecule has 3 unspecified atom stereocenters. The van der Waals surface area contributed by atoms with Crippen LogP contribution in [0.25, 0.3) is 0 Å². The zero-order valence-electron chi connectivity index (χ0n) is 62.6. The average molecular weight is 1520 g/mol. The van der Waals surface area contributed by atoms with Crippen LogP contribution in [0.15, 0.2) is 97.3 Å². The molecular weight excluding hydrogens is 1430 g/mol. The Morgan fingerprint density at radius 2 is 1.31 bits per heavy atom. The third-order valence-corrected chi connectivity index (χ3v) is 23.9. The van der Waals surface area contributed by atoms with Crippen LogP contribution in [0.4, 0.5) is 49.9 Å². The molecule has 32 nitrogen and oxygen atoms in total. The molecule has 6 aromatic rings. The zero-order valence-corrected chi connectivity index (χ0v) is 62.6. The fourth-order valence-electron chi connectivity index (χ4n) is 17.4. The first-order valence-electron chi connectivity index (χ1n) is 38.6. The monoisotopic (exact) mass is 1520 g/mol. The Kier molecular flexibility index (Phi) is 20.5. The van der Waals surface area contributed by atoms with Crippen LogP contribution >= 0.6 is 0 Å². The normalized spacial score (nSPS) is 23.3. The van der Waals surface area contributed by atoms with Crippen LogP contribution in [-0.4, -0.2) is 267 Å². The molecule has 580 valence electrons. The molecular formula is C80H89N21O11. The molecule has 12 heterocycles. The number of imide groups is 2. The number of carbonyl (C=O) groups excluding carboxylic acids is 11. The maximum atomic E-state index is 14.8. The average Bonchev–Trinajstić information content (AvgIpc) is 1.65. The van der Waals surface area contributed by atoms with Gasteiger partial charge in [0, 0.05) is 140 Å². The van der Waals surface area contributed by atoms with E-state index in [1.165, 1.54) is 11.1 Å². The fourth-order valence-corrected chi connectivity index (χ4v) is 17.4. The molecule has 4 aromatic carbocycles. The van der Waals surface area contributed by atoms with E-state index in [1.54, 1.807) is 46.1 Å². The van der Waals surface area contributed by atoms with Gasteiger partial charge in [0.15, 0.2) is 23.0 Å². The van der Waals surface area contributed by atoms with Crippen molar-refractivity contribution in [2.24, 2.45) is 5.73 Å². The van der Waals surface area contributed by atoms with E-state index < -0.39 is 53.2 Å². The number of likely N-dealkylation sites (N-methyl/N-ethyl adjacent to an activating group) is 2. The summed E-state index contributed by atoms with van der Waals surface area (Å²) in [6, 6.07) is 25.0. The number of amides is 12. The molecule has 0 aliphatic carbocycles. The van der Waals surface area contributed by atoms with Gasteiger partial charge in [-0.3, -0.25) is 58.4 Å².